The Morgan fingerprint density at radius 2 is 1.88 bits per heavy atom. The molecule has 3 aliphatic rings. The van der Waals surface area contributed by atoms with E-state index in [1.165, 1.54) is 71.1 Å². The predicted octanol–water partition coefficient (Wildman–Crippen LogP) is 2.25. The summed E-state index contributed by atoms with van der Waals surface area (Å²) in [5, 5.41) is 3.82. The maximum absolute atomic E-state index is 3.82. The van der Waals surface area contributed by atoms with E-state index < -0.39 is 0 Å². The predicted molar refractivity (Wildman–Crippen MR) is 67.5 cm³/mol. The van der Waals surface area contributed by atoms with Crippen LogP contribution in [0.4, 0.5) is 0 Å². The molecule has 1 saturated heterocycles. The molecule has 2 saturated carbocycles. The summed E-state index contributed by atoms with van der Waals surface area (Å²) >= 11 is 0. The minimum Gasteiger partial charge on any atom is -0.312 e. The van der Waals surface area contributed by atoms with Crippen LogP contribution >= 0.6 is 0 Å². The van der Waals surface area contributed by atoms with Crippen molar-refractivity contribution in [2.24, 2.45) is 11.8 Å². The van der Waals surface area contributed by atoms with Crippen molar-refractivity contribution in [3.05, 3.63) is 0 Å². The summed E-state index contributed by atoms with van der Waals surface area (Å²) in [6.07, 6.45) is 10.3. The molecule has 92 valence electrons. The van der Waals surface area contributed by atoms with Crippen LogP contribution in [0, 0.1) is 11.8 Å². The number of hydrogen-bond acceptors (Lipinski definition) is 2. The van der Waals surface area contributed by atoms with Gasteiger partial charge in [0.05, 0.1) is 0 Å². The van der Waals surface area contributed by atoms with Gasteiger partial charge >= 0.3 is 0 Å². The van der Waals surface area contributed by atoms with Gasteiger partial charge in [-0.1, -0.05) is 12.8 Å². The Morgan fingerprint density at radius 3 is 2.56 bits per heavy atom. The Kier molecular flexibility index (Phi) is 3.49. The van der Waals surface area contributed by atoms with Crippen molar-refractivity contribution < 1.29 is 0 Å². The van der Waals surface area contributed by atoms with E-state index in [0.717, 1.165) is 17.9 Å². The van der Waals surface area contributed by atoms with Crippen LogP contribution in [0.5, 0.6) is 0 Å². The lowest BCUT2D eigenvalue weighted by Gasteiger charge is -2.28. The third-order valence-corrected chi connectivity index (χ3v) is 5.02. The van der Waals surface area contributed by atoms with E-state index in [9.17, 15) is 0 Å². The van der Waals surface area contributed by atoms with Crippen molar-refractivity contribution in [2.75, 3.05) is 26.2 Å². The van der Waals surface area contributed by atoms with Crippen LogP contribution in [0.15, 0.2) is 0 Å². The van der Waals surface area contributed by atoms with Crippen LogP contribution in [0.25, 0.3) is 0 Å². The molecule has 1 heterocycles. The smallest absolute Gasteiger partial charge is 0.0107 e. The van der Waals surface area contributed by atoms with E-state index in [-0.39, 0.29) is 0 Å². The van der Waals surface area contributed by atoms with Crippen LogP contribution in [0.1, 0.15) is 44.9 Å². The fourth-order valence-electron chi connectivity index (χ4n) is 4.09. The van der Waals surface area contributed by atoms with Crippen molar-refractivity contribution in [3.8, 4) is 0 Å². The molecule has 0 aromatic rings. The van der Waals surface area contributed by atoms with Crippen molar-refractivity contribution in [2.45, 2.75) is 51.0 Å². The highest BCUT2D eigenvalue weighted by Crippen LogP contribution is 2.44. The Bertz CT molecular complexity index is 223. The standard InChI is InChI=1S/C14H26N2/c1-2-7-16(8-3-1)9-6-15-14-11-12-4-5-13(14)10-12/h12-15H,1-11H2/t12-,13+,14-/m0/s1. The summed E-state index contributed by atoms with van der Waals surface area (Å²) in [7, 11) is 0. The molecule has 3 atom stereocenters. The van der Waals surface area contributed by atoms with Crippen LogP contribution in [-0.4, -0.2) is 37.1 Å². The molecule has 2 aliphatic carbocycles. The second kappa shape index (κ2) is 5.05. The summed E-state index contributed by atoms with van der Waals surface area (Å²) in [6, 6.07) is 0.878. The fraction of sp³-hybridized carbons (Fsp3) is 1.00. The molecule has 0 aromatic heterocycles. The molecule has 0 unspecified atom stereocenters. The Labute approximate surface area is 99.8 Å². The topological polar surface area (TPSA) is 15.3 Å². The van der Waals surface area contributed by atoms with Gasteiger partial charge in [-0.25, -0.2) is 0 Å². The minimum atomic E-state index is 0.878. The number of nitrogens with zero attached hydrogens (tertiary/aromatic N) is 1. The van der Waals surface area contributed by atoms with Gasteiger partial charge in [-0.3, -0.25) is 0 Å². The number of fused-ring (bicyclic) bond motifs is 2. The molecule has 3 fully saturated rings. The Morgan fingerprint density at radius 1 is 1.00 bits per heavy atom. The van der Waals surface area contributed by atoms with E-state index in [2.05, 4.69) is 10.2 Å². The SMILES string of the molecule is C1CCN(CCN[C@H]2C[C@H]3CC[C@@H]2C3)CC1. The van der Waals surface area contributed by atoms with Crippen molar-refractivity contribution in [1.29, 1.82) is 0 Å². The van der Waals surface area contributed by atoms with Gasteiger partial charge in [0, 0.05) is 19.1 Å². The van der Waals surface area contributed by atoms with Gasteiger partial charge in [-0.2, -0.15) is 0 Å². The van der Waals surface area contributed by atoms with Crippen molar-refractivity contribution in [1.82, 2.24) is 10.2 Å². The van der Waals surface area contributed by atoms with Gasteiger partial charge in [-0.05, 0) is 57.0 Å². The van der Waals surface area contributed by atoms with Crippen LogP contribution in [0.2, 0.25) is 0 Å². The average Bonchev–Trinajstić information content (AvgIpc) is 2.92. The lowest BCUT2D eigenvalue weighted by molar-refractivity contribution is 0.221. The third kappa shape index (κ3) is 2.43. The molecule has 2 bridgehead atoms. The zero-order valence-electron chi connectivity index (χ0n) is 10.5. The molecule has 1 N–H and O–H groups in total. The van der Waals surface area contributed by atoms with E-state index in [4.69, 9.17) is 0 Å². The maximum atomic E-state index is 3.82. The van der Waals surface area contributed by atoms with Gasteiger partial charge in [0.1, 0.15) is 0 Å². The number of nitrogens with one attached hydrogen (secondary N) is 1. The van der Waals surface area contributed by atoms with E-state index in [1.807, 2.05) is 0 Å². The second-order valence-corrected chi connectivity index (χ2v) is 6.14. The van der Waals surface area contributed by atoms with Gasteiger partial charge in [0.25, 0.3) is 0 Å². The van der Waals surface area contributed by atoms with Gasteiger partial charge in [0.15, 0.2) is 0 Å². The molecule has 16 heavy (non-hydrogen) atoms. The largest absolute Gasteiger partial charge is 0.312 e. The molecule has 0 amide bonds. The molecule has 3 rings (SSSR count). The third-order valence-electron chi connectivity index (χ3n) is 5.02. The maximum Gasteiger partial charge on any atom is 0.0107 e. The van der Waals surface area contributed by atoms with E-state index in [0.29, 0.717) is 0 Å². The normalized spacial score (nSPS) is 39.4. The first-order valence-electron chi connectivity index (χ1n) is 7.37. The van der Waals surface area contributed by atoms with Crippen molar-refractivity contribution in [3.63, 3.8) is 0 Å². The average molecular weight is 222 g/mol. The summed E-state index contributed by atoms with van der Waals surface area (Å²) in [5.74, 6) is 2.11. The highest BCUT2D eigenvalue weighted by Gasteiger charge is 2.38. The van der Waals surface area contributed by atoms with Gasteiger partial charge in [0.2, 0.25) is 0 Å². The zero-order chi connectivity index (χ0) is 10.8. The molecule has 0 aromatic carbocycles. The lowest BCUT2D eigenvalue weighted by atomic mass is 9.95. The van der Waals surface area contributed by atoms with Gasteiger partial charge in [-0.15, -0.1) is 0 Å². The number of rotatable bonds is 4. The molecular formula is C14H26N2. The van der Waals surface area contributed by atoms with Gasteiger partial charge < -0.3 is 10.2 Å². The summed E-state index contributed by atoms with van der Waals surface area (Å²) in [6.45, 7) is 5.21. The molecular weight excluding hydrogens is 196 g/mol. The highest BCUT2D eigenvalue weighted by molar-refractivity contribution is 4.94. The first-order valence-corrected chi connectivity index (χ1v) is 7.37. The molecule has 2 heteroatoms. The van der Waals surface area contributed by atoms with E-state index >= 15 is 0 Å². The Hall–Kier alpha value is -0.0800. The van der Waals surface area contributed by atoms with Crippen molar-refractivity contribution >= 4 is 0 Å². The molecule has 0 radical (unpaired) electrons. The first kappa shape index (κ1) is 11.0. The number of likely N-dealkylation sites (tertiary alicyclic amines) is 1. The molecule has 1 aliphatic heterocycles. The molecule has 0 spiro atoms. The second-order valence-electron chi connectivity index (χ2n) is 6.14. The van der Waals surface area contributed by atoms with Crippen LogP contribution in [-0.2, 0) is 0 Å². The summed E-state index contributed by atoms with van der Waals surface area (Å²) in [4.78, 5) is 2.64. The summed E-state index contributed by atoms with van der Waals surface area (Å²) in [5.41, 5.74) is 0. The fourth-order valence-corrected chi connectivity index (χ4v) is 4.09. The quantitative estimate of drug-likeness (QED) is 0.785. The number of piperidine rings is 1. The summed E-state index contributed by atoms with van der Waals surface area (Å²) < 4.78 is 0. The lowest BCUT2D eigenvalue weighted by Crippen LogP contribution is -2.41. The van der Waals surface area contributed by atoms with Crippen LogP contribution in [0.3, 0.4) is 0 Å². The van der Waals surface area contributed by atoms with E-state index in [1.54, 1.807) is 0 Å². The minimum absolute atomic E-state index is 0.878. The monoisotopic (exact) mass is 222 g/mol. The zero-order valence-corrected chi connectivity index (χ0v) is 10.5. The highest BCUT2D eigenvalue weighted by atomic mass is 15.1. The first-order chi connectivity index (χ1) is 7.92. The Balaban J connectivity index is 1.34. The molecule has 2 nitrogen and oxygen atoms in total. The number of hydrogen-bond donors (Lipinski definition) is 1. The van der Waals surface area contributed by atoms with Crippen LogP contribution < -0.4 is 5.32 Å².